The van der Waals surface area contributed by atoms with E-state index in [9.17, 15) is 10.1 Å². The number of hydrogen-bond acceptors (Lipinski definition) is 5. The molecule has 0 spiro atoms. The van der Waals surface area contributed by atoms with Crippen molar-refractivity contribution in [3.8, 4) is 23.3 Å². The Bertz CT molecular complexity index is 1050. The van der Waals surface area contributed by atoms with Crippen LogP contribution in [0.25, 0.3) is 17.0 Å². The van der Waals surface area contributed by atoms with Gasteiger partial charge in [0.15, 0.2) is 0 Å². The number of ether oxygens (including phenoxy) is 3. The van der Waals surface area contributed by atoms with E-state index in [1.165, 1.54) is 20.3 Å². The van der Waals surface area contributed by atoms with Crippen LogP contribution in [0.4, 0.5) is 0 Å². The summed E-state index contributed by atoms with van der Waals surface area (Å²) in [5.41, 5.74) is 1.84. The molecule has 6 nitrogen and oxygen atoms in total. The minimum absolute atomic E-state index is 0.00836. The predicted octanol–water partition coefficient (Wildman–Crippen LogP) is 3.98. The Kier molecular flexibility index (Phi) is 5.13. The van der Waals surface area contributed by atoms with Crippen molar-refractivity contribution in [3.05, 3.63) is 59.3 Å². The summed E-state index contributed by atoms with van der Waals surface area (Å²) in [6, 6.07) is 12.6. The molecule has 1 aromatic heterocycles. The zero-order chi connectivity index (χ0) is 19.4. The molecule has 0 atom stereocenters. The Morgan fingerprint density at radius 2 is 1.67 bits per heavy atom. The van der Waals surface area contributed by atoms with Crippen LogP contribution in [0, 0.1) is 11.3 Å². The first-order valence-corrected chi connectivity index (χ1v) is 8.14. The van der Waals surface area contributed by atoms with Gasteiger partial charge in [-0.05, 0) is 42.0 Å². The lowest BCUT2D eigenvalue weighted by Gasteiger charge is -2.06. The van der Waals surface area contributed by atoms with Gasteiger partial charge in [0, 0.05) is 28.7 Å². The fraction of sp³-hybridized carbons (Fsp3) is 0.143. The van der Waals surface area contributed by atoms with E-state index in [-0.39, 0.29) is 11.4 Å². The predicted molar refractivity (Wildman–Crippen MR) is 102 cm³/mol. The van der Waals surface area contributed by atoms with E-state index in [2.05, 4.69) is 4.98 Å². The summed E-state index contributed by atoms with van der Waals surface area (Å²) in [6.07, 6.45) is 3.12. The Morgan fingerprint density at radius 1 is 1.00 bits per heavy atom. The number of Topliss-reactive ketones (excluding diaryl/α,β-unsaturated/α-hetero) is 1. The van der Waals surface area contributed by atoms with E-state index in [1.54, 1.807) is 43.6 Å². The molecular weight excluding hydrogens is 344 g/mol. The number of allylic oxidation sites excluding steroid dienone is 1. The highest BCUT2D eigenvalue weighted by Gasteiger charge is 2.17. The van der Waals surface area contributed by atoms with Crippen LogP contribution < -0.4 is 14.2 Å². The Balaban J connectivity index is 2.05. The minimum Gasteiger partial charge on any atom is -0.497 e. The smallest absolute Gasteiger partial charge is 0.205 e. The molecule has 0 aliphatic heterocycles. The first kappa shape index (κ1) is 18.1. The van der Waals surface area contributed by atoms with E-state index in [0.29, 0.717) is 33.8 Å². The van der Waals surface area contributed by atoms with E-state index >= 15 is 0 Å². The van der Waals surface area contributed by atoms with Crippen LogP contribution in [-0.2, 0) is 0 Å². The fourth-order valence-corrected chi connectivity index (χ4v) is 2.79. The number of ketones is 1. The molecule has 0 fully saturated rings. The number of nitriles is 1. The van der Waals surface area contributed by atoms with Crippen molar-refractivity contribution in [2.75, 3.05) is 21.3 Å². The van der Waals surface area contributed by atoms with Crippen molar-refractivity contribution in [1.82, 2.24) is 4.98 Å². The lowest BCUT2D eigenvalue weighted by atomic mass is 10.0. The van der Waals surface area contributed by atoms with Gasteiger partial charge in [-0.15, -0.1) is 0 Å². The molecule has 2 aromatic carbocycles. The van der Waals surface area contributed by atoms with Crippen molar-refractivity contribution in [2.24, 2.45) is 0 Å². The Morgan fingerprint density at radius 3 is 2.26 bits per heavy atom. The standard InChI is InChI=1S/C21H18N2O4/c1-25-15-4-5-20-18(10-15)19(12-23-20)21(24)14(11-22)6-13-7-16(26-2)9-17(8-13)27-3/h4-10,12,23H,1-3H3. The summed E-state index contributed by atoms with van der Waals surface area (Å²) in [6.45, 7) is 0. The Labute approximate surface area is 156 Å². The van der Waals surface area contributed by atoms with Crippen LogP contribution in [0.15, 0.2) is 48.2 Å². The topological polar surface area (TPSA) is 84.3 Å². The summed E-state index contributed by atoms with van der Waals surface area (Å²) < 4.78 is 15.7. The van der Waals surface area contributed by atoms with Crippen LogP contribution in [0.3, 0.4) is 0 Å². The van der Waals surface area contributed by atoms with Gasteiger partial charge in [0.25, 0.3) is 0 Å². The van der Waals surface area contributed by atoms with E-state index in [4.69, 9.17) is 14.2 Å². The van der Waals surface area contributed by atoms with E-state index < -0.39 is 0 Å². The highest BCUT2D eigenvalue weighted by atomic mass is 16.5. The third-order valence-electron chi connectivity index (χ3n) is 4.18. The second-order valence-electron chi connectivity index (χ2n) is 5.76. The van der Waals surface area contributed by atoms with Crippen molar-refractivity contribution in [2.45, 2.75) is 0 Å². The number of methoxy groups -OCH3 is 3. The number of nitrogens with one attached hydrogen (secondary N) is 1. The highest BCUT2D eigenvalue weighted by molar-refractivity contribution is 6.20. The number of hydrogen-bond donors (Lipinski definition) is 1. The maximum absolute atomic E-state index is 12.9. The highest BCUT2D eigenvalue weighted by Crippen LogP contribution is 2.27. The molecule has 1 N–H and O–H groups in total. The van der Waals surface area contributed by atoms with E-state index in [0.717, 1.165) is 5.52 Å². The average molecular weight is 362 g/mol. The summed E-state index contributed by atoms with van der Waals surface area (Å²) in [7, 11) is 4.64. The number of fused-ring (bicyclic) bond motifs is 1. The molecule has 136 valence electrons. The molecule has 0 unspecified atom stereocenters. The maximum Gasteiger partial charge on any atom is 0.205 e. The van der Waals surface area contributed by atoms with Crippen molar-refractivity contribution >= 4 is 22.8 Å². The third kappa shape index (κ3) is 3.62. The number of carbonyl (C=O) groups excluding carboxylic acids is 1. The SMILES string of the molecule is COc1cc(C=C(C#N)C(=O)c2c[nH]c3ccc(OC)cc23)cc(OC)c1. The second kappa shape index (κ2) is 7.67. The third-order valence-corrected chi connectivity index (χ3v) is 4.18. The number of benzene rings is 2. The number of rotatable bonds is 6. The molecule has 3 aromatic rings. The molecule has 0 amide bonds. The maximum atomic E-state index is 12.9. The molecule has 27 heavy (non-hydrogen) atoms. The van der Waals surface area contributed by atoms with Crippen LogP contribution in [-0.4, -0.2) is 32.1 Å². The van der Waals surface area contributed by atoms with Gasteiger partial charge in [-0.1, -0.05) is 0 Å². The van der Waals surface area contributed by atoms with Crippen molar-refractivity contribution in [1.29, 1.82) is 5.26 Å². The van der Waals surface area contributed by atoms with Crippen LogP contribution in [0.5, 0.6) is 17.2 Å². The van der Waals surface area contributed by atoms with Crippen LogP contribution in [0.2, 0.25) is 0 Å². The summed E-state index contributed by atoms with van der Waals surface area (Å²) >= 11 is 0. The van der Waals surface area contributed by atoms with Gasteiger partial charge in [-0.25, -0.2) is 0 Å². The molecule has 0 saturated carbocycles. The molecule has 0 aliphatic rings. The lowest BCUT2D eigenvalue weighted by Crippen LogP contribution is -2.01. The second-order valence-corrected chi connectivity index (χ2v) is 5.76. The summed E-state index contributed by atoms with van der Waals surface area (Å²) in [4.78, 5) is 16.0. The molecule has 3 rings (SSSR count). The molecule has 0 bridgehead atoms. The zero-order valence-electron chi connectivity index (χ0n) is 15.2. The molecule has 0 saturated heterocycles. The van der Waals surface area contributed by atoms with Crippen molar-refractivity contribution in [3.63, 3.8) is 0 Å². The molecular formula is C21H18N2O4. The lowest BCUT2D eigenvalue weighted by molar-refractivity contribution is 0.104. The first-order chi connectivity index (χ1) is 13.1. The molecule has 0 radical (unpaired) electrons. The van der Waals surface area contributed by atoms with Gasteiger partial charge in [0.05, 0.1) is 21.3 Å². The Hall–Kier alpha value is -3.72. The van der Waals surface area contributed by atoms with Gasteiger partial charge in [0.2, 0.25) is 5.78 Å². The van der Waals surface area contributed by atoms with Gasteiger partial charge < -0.3 is 19.2 Å². The molecule has 1 heterocycles. The zero-order valence-corrected chi connectivity index (χ0v) is 15.2. The normalized spacial score (nSPS) is 11.1. The quantitative estimate of drug-likeness (QED) is 0.407. The number of aromatic nitrogens is 1. The number of carbonyl (C=O) groups is 1. The summed E-state index contributed by atoms with van der Waals surface area (Å²) in [5, 5.41) is 10.2. The number of aromatic amines is 1. The summed E-state index contributed by atoms with van der Waals surface area (Å²) in [5.74, 6) is 1.40. The van der Waals surface area contributed by atoms with Gasteiger partial charge in [-0.2, -0.15) is 5.26 Å². The molecule has 0 aliphatic carbocycles. The fourth-order valence-electron chi connectivity index (χ4n) is 2.79. The molecule has 6 heteroatoms. The monoisotopic (exact) mass is 362 g/mol. The van der Waals surface area contributed by atoms with E-state index in [1.807, 2.05) is 12.1 Å². The minimum atomic E-state index is -0.376. The van der Waals surface area contributed by atoms with Gasteiger partial charge >= 0.3 is 0 Å². The van der Waals surface area contributed by atoms with Crippen molar-refractivity contribution < 1.29 is 19.0 Å². The van der Waals surface area contributed by atoms with Crippen LogP contribution in [0.1, 0.15) is 15.9 Å². The van der Waals surface area contributed by atoms with Crippen LogP contribution >= 0.6 is 0 Å². The van der Waals surface area contributed by atoms with Gasteiger partial charge in [-0.3, -0.25) is 4.79 Å². The number of nitrogens with zero attached hydrogens (tertiary/aromatic N) is 1. The first-order valence-electron chi connectivity index (χ1n) is 8.14. The largest absolute Gasteiger partial charge is 0.497 e. The average Bonchev–Trinajstić information content (AvgIpc) is 3.14. The van der Waals surface area contributed by atoms with Gasteiger partial charge in [0.1, 0.15) is 28.9 Å². The number of H-pyrrole nitrogens is 1.